The van der Waals surface area contributed by atoms with Crippen molar-refractivity contribution in [2.75, 3.05) is 5.32 Å². The summed E-state index contributed by atoms with van der Waals surface area (Å²) in [6, 6.07) is 8.71. The van der Waals surface area contributed by atoms with Crippen molar-refractivity contribution in [1.82, 2.24) is 0 Å². The van der Waals surface area contributed by atoms with E-state index in [4.69, 9.17) is 23.2 Å². The number of benzene rings is 2. The van der Waals surface area contributed by atoms with Crippen LogP contribution < -0.4 is 5.32 Å². The van der Waals surface area contributed by atoms with Gasteiger partial charge in [0.2, 0.25) is 0 Å². The zero-order chi connectivity index (χ0) is 15.6. The third kappa shape index (κ3) is 3.84. The zero-order valence-corrected chi connectivity index (χ0v) is 13.9. The van der Waals surface area contributed by atoms with Crippen LogP contribution >= 0.6 is 45.8 Å². The topological polar surface area (TPSA) is 72.2 Å². The number of anilines is 1. The molecule has 0 spiro atoms. The zero-order valence-electron chi connectivity index (χ0n) is 10.3. The summed E-state index contributed by atoms with van der Waals surface area (Å²) in [4.78, 5) is 22.1. The molecule has 0 heterocycles. The van der Waals surface area contributed by atoms with Crippen LogP contribution in [-0.2, 0) is 0 Å². The number of amides is 1. The molecule has 2 rings (SSSR count). The van der Waals surface area contributed by atoms with E-state index in [1.807, 2.05) is 0 Å². The monoisotopic (exact) mass is 436 g/mol. The maximum atomic E-state index is 12.1. The van der Waals surface area contributed by atoms with E-state index in [-0.39, 0.29) is 10.7 Å². The van der Waals surface area contributed by atoms with E-state index in [0.29, 0.717) is 16.3 Å². The number of hydrogen-bond acceptors (Lipinski definition) is 3. The number of carbonyl (C=O) groups excluding carboxylic acids is 1. The number of hydrogen-bond donors (Lipinski definition) is 1. The number of carbonyl (C=O) groups is 1. The molecular weight excluding hydrogens is 430 g/mol. The average molecular weight is 437 g/mol. The average Bonchev–Trinajstić information content (AvgIpc) is 2.43. The SMILES string of the molecule is O=C(Nc1ccc([N+](=O)[O-])cc1Cl)c1ccc(I)c(Cl)c1. The molecule has 0 aliphatic rings. The minimum absolute atomic E-state index is 0.0918. The molecule has 2 aromatic rings. The second-order valence-corrected chi connectivity index (χ2v) is 5.98. The van der Waals surface area contributed by atoms with E-state index in [1.165, 1.54) is 24.3 Å². The number of nitrogens with one attached hydrogen (secondary N) is 1. The number of rotatable bonds is 3. The number of halogens is 3. The van der Waals surface area contributed by atoms with Crippen LogP contribution in [0.15, 0.2) is 36.4 Å². The molecule has 0 radical (unpaired) electrons. The molecule has 1 amide bonds. The van der Waals surface area contributed by atoms with Crippen molar-refractivity contribution < 1.29 is 9.72 Å². The fraction of sp³-hybridized carbons (Fsp3) is 0. The second-order valence-electron chi connectivity index (χ2n) is 4.00. The van der Waals surface area contributed by atoms with Gasteiger partial charge in [0.05, 0.1) is 20.7 Å². The van der Waals surface area contributed by atoms with Gasteiger partial charge >= 0.3 is 0 Å². The molecule has 5 nitrogen and oxygen atoms in total. The summed E-state index contributed by atoms with van der Waals surface area (Å²) in [5, 5.41) is 13.8. The quantitative estimate of drug-likeness (QED) is 0.428. The Balaban J connectivity index is 2.23. The highest BCUT2D eigenvalue weighted by atomic mass is 127. The fourth-order valence-corrected chi connectivity index (χ4v) is 2.29. The number of nitrogens with zero attached hydrogens (tertiary/aromatic N) is 1. The van der Waals surface area contributed by atoms with Crippen LogP contribution in [0.5, 0.6) is 0 Å². The van der Waals surface area contributed by atoms with Crippen molar-refractivity contribution >= 4 is 63.1 Å². The summed E-state index contributed by atoms with van der Waals surface area (Å²) >= 11 is 13.9. The van der Waals surface area contributed by atoms with Crippen LogP contribution in [0.2, 0.25) is 10.0 Å². The smallest absolute Gasteiger partial charge is 0.271 e. The van der Waals surface area contributed by atoms with Crippen LogP contribution in [-0.4, -0.2) is 10.8 Å². The summed E-state index contributed by atoms with van der Waals surface area (Å²) in [7, 11) is 0. The highest BCUT2D eigenvalue weighted by Crippen LogP contribution is 2.27. The first kappa shape index (κ1) is 16.0. The Labute approximate surface area is 143 Å². The first-order chi connectivity index (χ1) is 9.88. The van der Waals surface area contributed by atoms with E-state index >= 15 is 0 Å². The number of nitro benzene ring substituents is 1. The third-order valence-corrected chi connectivity index (χ3v) is 4.48. The third-order valence-electron chi connectivity index (χ3n) is 2.59. The Bertz CT molecular complexity index is 737. The molecule has 0 saturated carbocycles. The molecule has 8 heteroatoms. The van der Waals surface area contributed by atoms with Crippen molar-refractivity contribution in [3.63, 3.8) is 0 Å². The molecule has 0 aromatic heterocycles. The van der Waals surface area contributed by atoms with Crippen molar-refractivity contribution in [2.45, 2.75) is 0 Å². The molecular formula is C13H7Cl2IN2O3. The maximum absolute atomic E-state index is 12.1. The lowest BCUT2D eigenvalue weighted by atomic mass is 10.2. The summed E-state index contributed by atoms with van der Waals surface area (Å²) in [5.74, 6) is -0.399. The van der Waals surface area contributed by atoms with Gasteiger partial charge < -0.3 is 5.32 Å². The van der Waals surface area contributed by atoms with Crippen molar-refractivity contribution in [2.24, 2.45) is 0 Å². The Morgan fingerprint density at radius 1 is 1.14 bits per heavy atom. The number of non-ortho nitro benzene ring substituents is 1. The van der Waals surface area contributed by atoms with Crippen molar-refractivity contribution in [3.05, 3.63) is 65.7 Å². The Morgan fingerprint density at radius 3 is 2.43 bits per heavy atom. The lowest BCUT2D eigenvalue weighted by molar-refractivity contribution is -0.384. The predicted octanol–water partition coefficient (Wildman–Crippen LogP) is 4.76. The first-order valence-electron chi connectivity index (χ1n) is 5.59. The van der Waals surface area contributed by atoms with Gasteiger partial charge in [-0.25, -0.2) is 0 Å². The van der Waals surface area contributed by atoms with E-state index in [9.17, 15) is 14.9 Å². The van der Waals surface area contributed by atoms with Crippen LogP contribution in [0.3, 0.4) is 0 Å². The molecule has 108 valence electrons. The summed E-state index contributed by atoms with van der Waals surface area (Å²) in [6.45, 7) is 0. The summed E-state index contributed by atoms with van der Waals surface area (Å²) < 4.78 is 0.833. The highest BCUT2D eigenvalue weighted by Gasteiger charge is 2.13. The van der Waals surface area contributed by atoms with Gasteiger partial charge in [0.25, 0.3) is 11.6 Å². The predicted molar refractivity (Wildman–Crippen MR) is 90.2 cm³/mol. The number of nitro groups is 1. The molecule has 0 atom stereocenters. The molecule has 0 fully saturated rings. The minimum Gasteiger partial charge on any atom is -0.321 e. The van der Waals surface area contributed by atoms with Gasteiger partial charge in [-0.3, -0.25) is 14.9 Å². The van der Waals surface area contributed by atoms with Crippen LogP contribution in [0.4, 0.5) is 11.4 Å². The van der Waals surface area contributed by atoms with Crippen LogP contribution in [0.1, 0.15) is 10.4 Å². The summed E-state index contributed by atoms with van der Waals surface area (Å²) in [5.41, 5.74) is 0.520. The van der Waals surface area contributed by atoms with Gasteiger partial charge in [0, 0.05) is 21.3 Å². The molecule has 0 saturated heterocycles. The molecule has 2 aromatic carbocycles. The summed E-state index contributed by atoms with van der Waals surface area (Å²) in [6.07, 6.45) is 0. The lowest BCUT2D eigenvalue weighted by Gasteiger charge is -2.08. The maximum Gasteiger partial charge on any atom is 0.271 e. The fourth-order valence-electron chi connectivity index (χ4n) is 1.55. The van der Waals surface area contributed by atoms with Gasteiger partial charge in [0.15, 0.2) is 0 Å². The standard InChI is InChI=1S/C13H7Cl2IN2O3/c14-9-5-7(1-3-11(9)16)13(19)17-12-4-2-8(18(20)21)6-10(12)15/h1-6H,(H,17,19). The van der Waals surface area contributed by atoms with E-state index in [1.54, 1.807) is 12.1 Å². The molecule has 0 aliphatic carbocycles. The van der Waals surface area contributed by atoms with Crippen LogP contribution in [0.25, 0.3) is 0 Å². The van der Waals surface area contributed by atoms with E-state index in [2.05, 4.69) is 27.9 Å². The molecule has 21 heavy (non-hydrogen) atoms. The normalized spacial score (nSPS) is 10.2. The van der Waals surface area contributed by atoms with Gasteiger partial charge in [0.1, 0.15) is 0 Å². The van der Waals surface area contributed by atoms with Crippen molar-refractivity contribution in [3.8, 4) is 0 Å². The Morgan fingerprint density at radius 2 is 1.86 bits per heavy atom. The van der Waals surface area contributed by atoms with E-state index < -0.39 is 10.8 Å². The Kier molecular flexibility index (Phi) is 5.02. The van der Waals surface area contributed by atoms with Gasteiger partial charge in [-0.15, -0.1) is 0 Å². The molecule has 0 bridgehead atoms. The van der Waals surface area contributed by atoms with Crippen molar-refractivity contribution in [1.29, 1.82) is 0 Å². The first-order valence-corrected chi connectivity index (χ1v) is 7.42. The Hall–Kier alpha value is -1.38. The highest BCUT2D eigenvalue weighted by molar-refractivity contribution is 14.1. The van der Waals surface area contributed by atoms with Crippen LogP contribution in [0, 0.1) is 13.7 Å². The second kappa shape index (κ2) is 6.59. The van der Waals surface area contributed by atoms with Gasteiger partial charge in [-0.05, 0) is 46.9 Å². The molecule has 0 unspecified atom stereocenters. The molecule has 0 aliphatic heterocycles. The molecule has 1 N–H and O–H groups in total. The van der Waals surface area contributed by atoms with Gasteiger partial charge in [-0.1, -0.05) is 23.2 Å². The lowest BCUT2D eigenvalue weighted by Crippen LogP contribution is -2.12. The minimum atomic E-state index is -0.559. The van der Waals surface area contributed by atoms with Gasteiger partial charge in [-0.2, -0.15) is 0 Å². The van der Waals surface area contributed by atoms with E-state index in [0.717, 1.165) is 3.57 Å². The largest absolute Gasteiger partial charge is 0.321 e.